The van der Waals surface area contributed by atoms with Gasteiger partial charge in [-0.3, -0.25) is 0 Å². The van der Waals surface area contributed by atoms with Gasteiger partial charge < -0.3 is 10.1 Å². The largest absolute Gasteiger partial charge is 0.491 e. The number of ether oxygens (including phenoxy) is 1. The van der Waals surface area contributed by atoms with Crippen molar-refractivity contribution >= 4 is 15.9 Å². The van der Waals surface area contributed by atoms with Crippen molar-refractivity contribution in [1.29, 1.82) is 0 Å². The molecule has 2 nitrogen and oxygen atoms in total. The molecule has 0 saturated heterocycles. The molecule has 0 aromatic heterocycles. The second-order valence-electron chi connectivity index (χ2n) is 2.77. The second-order valence-corrected chi connectivity index (χ2v) is 3.63. The highest BCUT2D eigenvalue weighted by Gasteiger charge is 1.97. The Balaban J connectivity index is 2.24. The van der Waals surface area contributed by atoms with Crippen molar-refractivity contribution in [1.82, 2.24) is 5.32 Å². The van der Waals surface area contributed by atoms with Crippen molar-refractivity contribution in [3.05, 3.63) is 41.4 Å². The molecule has 0 aliphatic rings. The molecule has 0 atom stereocenters. The van der Waals surface area contributed by atoms with Crippen molar-refractivity contribution in [3.63, 3.8) is 0 Å². The number of hydrogen-bond acceptors (Lipinski definition) is 2. The molecule has 76 valence electrons. The summed E-state index contributed by atoms with van der Waals surface area (Å²) in [6.45, 7) is 5.93. The van der Waals surface area contributed by atoms with E-state index in [1.54, 1.807) is 0 Å². The summed E-state index contributed by atoms with van der Waals surface area (Å²) in [6.07, 6.45) is 1.83. The minimum Gasteiger partial charge on any atom is -0.491 e. The SMILES string of the molecule is C=CCNCCOc1ccccc1Br. The van der Waals surface area contributed by atoms with Gasteiger partial charge in [-0.1, -0.05) is 18.2 Å². The van der Waals surface area contributed by atoms with Gasteiger partial charge in [0, 0.05) is 13.1 Å². The van der Waals surface area contributed by atoms with Crippen molar-refractivity contribution in [2.45, 2.75) is 0 Å². The molecule has 0 radical (unpaired) electrons. The Morgan fingerprint density at radius 2 is 2.21 bits per heavy atom. The van der Waals surface area contributed by atoms with Crippen LogP contribution in [0.15, 0.2) is 41.4 Å². The van der Waals surface area contributed by atoms with E-state index < -0.39 is 0 Å². The lowest BCUT2D eigenvalue weighted by Gasteiger charge is -2.07. The van der Waals surface area contributed by atoms with Crippen molar-refractivity contribution < 1.29 is 4.74 Å². The standard InChI is InChI=1S/C11H14BrNO/c1-2-7-13-8-9-14-11-6-4-3-5-10(11)12/h2-6,13H,1,7-9H2. The predicted octanol–water partition coefficient (Wildman–Crippen LogP) is 2.60. The highest BCUT2D eigenvalue weighted by Crippen LogP contribution is 2.23. The molecule has 0 aliphatic carbocycles. The molecule has 1 rings (SSSR count). The molecule has 0 amide bonds. The smallest absolute Gasteiger partial charge is 0.133 e. The normalized spacial score (nSPS) is 9.79. The zero-order valence-electron chi connectivity index (χ0n) is 8.00. The van der Waals surface area contributed by atoms with Gasteiger partial charge in [0.1, 0.15) is 12.4 Å². The van der Waals surface area contributed by atoms with Crippen molar-refractivity contribution in [2.24, 2.45) is 0 Å². The Labute approximate surface area is 93.1 Å². The maximum absolute atomic E-state index is 5.54. The Morgan fingerprint density at radius 3 is 2.93 bits per heavy atom. The van der Waals surface area contributed by atoms with Gasteiger partial charge in [-0.05, 0) is 28.1 Å². The molecule has 0 unspecified atom stereocenters. The third-order valence-corrected chi connectivity index (χ3v) is 2.32. The van der Waals surface area contributed by atoms with Crippen LogP contribution >= 0.6 is 15.9 Å². The lowest BCUT2D eigenvalue weighted by atomic mass is 10.3. The van der Waals surface area contributed by atoms with Gasteiger partial charge >= 0.3 is 0 Å². The minimum atomic E-state index is 0.663. The van der Waals surface area contributed by atoms with E-state index in [1.807, 2.05) is 30.3 Å². The number of rotatable bonds is 6. The number of para-hydroxylation sites is 1. The van der Waals surface area contributed by atoms with Crippen molar-refractivity contribution in [3.8, 4) is 5.75 Å². The fourth-order valence-electron chi connectivity index (χ4n) is 0.999. The van der Waals surface area contributed by atoms with E-state index in [4.69, 9.17) is 4.74 Å². The molecule has 0 saturated carbocycles. The van der Waals surface area contributed by atoms with E-state index in [2.05, 4.69) is 27.8 Å². The van der Waals surface area contributed by atoms with Gasteiger partial charge in [0.05, 0.1) is 4.47 Å². The summed E-state index contributed by atoms with van der Waals surface area (Å²) in [5.41, 5.74) is 0. The quantitative estimate of drug-likeness (QED) is 0.624. The minimum absolute atomic E-state index is 0.663. The number of nitrogens with one attached hydrogen (secondary N) is 1. The molecule has 14 heavy (non-hydrogen) atoms. The van der Waals surface area contributed by atoms with Gasteiger partial charge in [-0.2, -0.15) is 0 Å². The summed E-state index contributed by atoms with van der Waals surface area (Å²) in [4.78, 5) is 0. The molecule has 0 fully saturated rings. The van der Waals surface area contributed by atoms with Gasteiger partial charge in [-0.15, -0.1) is 6.58 Å². The molecule has 1 aromatic rings. The van der Waals surface area contributed by atoms with Crippen LogP contribution in [0, 0.1) is 0 Å². The van der Waals surface area contributed by atoms with E-state index in [-0.39, 0.29) is 0 Å². The number of hydrogen-bond donors (Lipinski definition) is 1. The highest BCUT2D eigenvalue weighted by atomic mass is 79.9. The van der Waals surface area contributed by atoms with Crippen LogP contribution in [-0.4, -0.2) is 19.7 Å². The van der Waals surface area contributed by atoms with Crippen LogP contribution in [0.3, 0.4) is 0 Å². The fourth-order valence-corrected chi connectivity index (χ4v) is 1.40. The molecule has 0 bridgehead atoms. The first kappa shape index (κ1) is 11.3. The third kappa shape index (κ3) is 3.94. The van der Waals surface area contributed by atoms with Crippen LogP contribution in [0.5, 0.6) is 5.75 Å². The van der Waals surface area contributed by atoms with Crippen molar-refractivity contribution in [2.75, 3.05) is 19.7 Å². The van der Waals surface area contributed by atoms with Crippen LogP contribution in [0.2, 0.25) is 0 Å². The Bertz CT molecular complexity index is 288. The first-order valence-electron chi connectivity index (χ1n) is 4.53. The number of halogens is 1. The first-order valence-corrected chi connectivity index (χ1v) is 5.33. The molecular weight excluding hydrogens is 242 g/mol. The topological polar surface area (TPSA) is 21.3 Å². The lowest BCUT2D eigenvalue weighted by molar-refractivity contribution is 0.314. The first-order chi connectivity index (χ1) is 6.84. The molecular formula is C11H14BrNO. The Kier molecular flexibility index (Phi) is 5.33. The summed E-state index contributed by atoms with van der Waals surface area (Å²) in [5.74, 6) is 0.882. The average molecular weight is 256 g/mol. The molecule has 0 spiro atoms. The Hall–Kier alpha value is -0.800. The zero-order valence-corrected chi connectivity index (χ0v) is 9.59. The van der Waals surface area contributed by atoms with Gasteiger partial charge in [0.2, 0.25) is 0 Å². The maximum atomic E-state index is 5.54. The van der Waals surface area contributed by atoms with Crippen LogP contribution in [0.4, 0.5) is 0 Å². The van der Waals surface area contributed by atoms with Crippen LogP contribution in [-0.2, 0) is 0 Å². The van der Waals surface area contributed by atoms with E-state index in [0.717, 1.165) is 23.3 Å². The molecule has 0 aliphatic heterocycles. The molecule has 1 N–H and O–H groups in total. The van der Waals surface area contributed by atoms with E-state index in [1.165, 1.54) is 0 Å². The monoisotopic (exact) mass is 255 g/mol. The highest BCUT2D eigenvalue weighted by molar-refractivity contribution is 9.10. The van der Waals surface area contributed by atoms with E-state index in [0.29, 0.717) is 6.61 Å². The lowest BCUT2D eigenvalue weighted by Crippen LogP contribution is -2.20. The van der Waals surface area contributed by atoms with Crippen LogP contribution in [0.25, 0.3) is 0 Å². The average Bonchev–Trinajstić information content (AvgIpc) is 2.20. The van der Waals surface area contributed by atoms with Gasteiger partial charge in [-0.25, -0.2) is 0 Å². The second kappa shape index (κ2) is 6.62. The van der Waals surface area contributed by atoms with E-state index >= 15 is 0 Å². The van der Waals surface area contributed by atoms with Crippen LogP contribution < -0.4 is 10.1 Å². The Morgan fingerprint density at radius 1 is 1.43 bits per heavy atom. The summed E-state index contributed by atoms with van der Waals surface area (Å²) >= 11 is 3.42. The van der Waals surface area contributed by atoms with Crippen LogP contribution in [0.1, 0.15) is 0 Å². The molecule has 1 aromatic carbocycles. The fraction of sp³-hybridized carbons (Fsp3) is 0.273. The summed E-state index contributed by atoms with van der Waals surface area (Å²) in [7, 11) is 0. The summed E-state index contributed by atoms with van der Waals surface area (Å²) in [6, 6.07) is 7.83. The third-order valence-electron chi connectivity index (χ3n) is 1.66. The van der Waals surface area contributed by atoms with Gasteiger partial charge in [0.15, 0.2) is 0 Å². The van der Waals surface area contributed by atoms with Gasteiger partial charge in [0.25, 0.3) is 0 Å². The predicted molar refractivity (Wildman–Crippen MR) is 62.7 cm³/mol. The molecule has 0 heterocycles. The number of benzene rings is 1. The zero-order chi connectivity index (χ0) is 10.2. The van der Waals surface area contributed by atoms with E-state index in [9.17, 15) is 0 Å². The maximum Gasteiger partial charge on any atom is 0.133 e. The molecule has 3 heteroatoms. The summed E-state index contributed by atoms with van der Waals surface area (Å²) < 4.78 is 6.53. The summed E-state index contributed by atoms with van der Waals surface area (Å²) in [5, 5.41) is 3.17.